The molecule has 1 aliphatic heterocycles. The van der Waals surface area contributed by atoms with Gasteiger partial charge in [0, 0.05) is 6.54 Å². The van der Waals surface area contributed by atoms with Crippen molar-refractivity contribution in [2.45, 2.75) is 33.8 Å². The number of amides is 1. The SMILES string of the molecule is Cc1ccc(C2=CCN(C(=O)O)C[C@@H]2OC(=O)C(C)(C)C)cc1F. The molecule has 0 aromatic heterocycles. The summed E-state index contributed by atoms with van der Waals surface area (Å²) < 4.78 is 19.4. The number of rotatable bonds is 2. The number of carbonyl (C=O) groups excluding carboxylic acids is 1. The summed E-state index contributed by atoms with van der Waals surface area (Å²) in [5.41, 5.74) is 1.03. The second-order valence-electron chi connectivity index (χ2n) is 6.95. The third-order valence-corrected chi connectivity index (χ3v) is 3.90. The largest absolute Gasteiger partial charge is 0.465 e. The lowest BCUT2D eigenvalue weighted by Gasteiger charge is -2.32. The molecule has 0 fully saturated rings. The standard InChI is InChI=1S/C18H22FNO4/c1-11-5-6-12(9-14(11)19)13-7-8-20(17(22)23)10-15(13)24-16(21)18(2,3)4/h5-7,9,15H,8,10H2,1-4H3,(H,22,23)/t15-/m0/s1. The summed E-state index contributed by atoms with van der Waals surface area (Å²) in [6.07, 6.45) is -0.177. The minimum absolute atomic E-state index is 0.0263. The van der Waals surface area contributed by atoms with Crippen LogP contribution in [-0.4, -0.2) is 41.3 Å². The normalized spacial score (nSPS) is 18.1. The summed E-state index contributed by atoms with van der Waals surface area (Å²) in [6, 6.07) is 4.78. The van der Waals surface area contributed by atoms with Crippen LogP contribution in [0.3, 0.4) is 0 Å². The lowest BCUT2D eigenvalue weighted by Crippen LogP contribution is -2.43. The van der Waals surface area contributed by atoms with Crippen molar-refractivity contribution in [1.82, 2.24) is 4.90 Å². The highest BCUT2D eigenvalue weighted by Gasteiger charge is 2.33. The molecule has 130 valence electrons. The summed E-state index contributed by atoms with van der Waals surface area (Å²) in [4.78, 5) is 24.6. The second kappa shape index (κ2) is 6.63. The van der Waals surface area contributed by atoms with E-state index in [0.717, 1.165) is 4.90 Å². The van der Waals surface area contributed by atoms with Gasteiger partial charge in [-0.15, -0.1) is 0 Å². The zero-order valence-corrected chi connectivity index (χ0v) is 14.3. The van der Waals surface area contributed by atoms with Crippen LogP contribution in [0.2, 0.25) is 0 Å². The van der Waals surface area contributed by atoms with Crippen molar-refractivity contribution in [3.8, 4) is 0 Å². The van der Waals surface area contributed by atoms with Crippen LogP contribution in [0, 0.1) is 18.2 Å². The van der Waals surface area contributed by atoms with E-state index in [9.17, 15) is 19.1 Å². The van der Waals surface area contributed by atoms with Gasteiger partial charge >= 0.3 is 12.1 Å². The molecule has 0 unspecified atom stereocenters. The summed E-state index contributed by atoms with van der Waals surface area (Å²) in [5.74, 6) is -0.784. The monoisotopic (exact) mass is 335 g/mol. The Bertz CT molecular complexity index is 691. The molecule has 6 heteroatoms. The highest BCUT2D eigenvalue weighted by molar-refractivity contribution is 5.80. The Morgan fingerprint density at radius 2 is 2.00 bits per heavy atom. The average Bonchev–Trinajstić information content (AvgIpc) is 2.49. The van der Waals surface area contributed by atoms with Gasteiger partial charge in [-0.25, -0.2) is 9.18 Å². The molecule has 1 amide bonds. The van der Waals surface area contributed by atoms with E-state index < -0.39 is 23.6 Å². The highest BCUT2D eigenvalue weighted by atomic mass is 19.1. The lowest BCUT2D eigenvalue weighted by atomic mass is 9.94. The average molecular weight is 335 g/mol. The predicted molar refractivity (Wildman–Crippen MR) is 88.0 cm³/mol. The zero-order chi connectivity index (χ0) is 18.1. The number of hydrogen-bond acceptors (Lipinski definition) is 3. The van der Waals surface area contributed by atoms with Crippen LogP contribution in [0.4, 0.5) is 9.18 Å². The maximum absolute atomic E-state index is 13.9. The first kappa shape index (κ1) is 18.0. The molecular formula is C18H22FNO4. The Morgan fingerprint density at radius 1 is 1.33 bits per heavy atom. The van der Waals surface area contributed by atoms with Gasteiger partial charge in [0.1, 0.15) is 11.9 Å². The molecule has 5 nitrogen and oxygen atoms in total. The van der Waals surface area contributed by atoms with Crippen LogP contribution >= 0.6 is 0 Å². The Kier molecular flexibility index (Phi) is 4.96. The number of benzene rings is 1. The van der Waals surface area contributed by atoms with E-state index in [0.29, 0.717) is 16.7 Å². The highest BCUT2D eigenvalue weighted by Crippen LogP contribution is 2.29. The molecule has 0 spiro atoms. The molecule has 0 radical (unpaired) electrons. The van der Waals surface area contributed by atoms with E-state index >= 15 is 0 Å². The molecule has 1 aromatic carbocycles. The van der Waals surface area contributed by atoms with E-state index in [1.165, 1.54) is 6.07 Å². The van der Waals surface area contributed by atoms with Crippen molar-refractivity contribution >= 4 is 17.6 Å². The van der Waals surface area contributed by atoms with Gasteiger partial charge in [-0.1, -0.05) is 18.2 Å². The molecule has 0 saturated heterocycles. The minimum atomic E-state index is -1.09. The van der Waals surface area contributed by atoms with Crippen molar-refractivity contribution in [1.29, 1.82) is 0 Å². The first-order valence-electron chi connectivity index (χ1n) is 7.75. The molecule has 1 aliphatic rings. The van der Waals surface area contributed by atoms with Gasteiger partial charge < -0.3 is 14.7 Å². The topological polar surface area (TPSA) is 66.8 Å². The first-order valence-corrected chi connectivity index (χ1v) is 7.75. The number of carboxylic acid groups (broad SMARTS) is 1. The van der Waals surface area contributed by atoms with Crippen molar-refractivity contribution < 1.29 is 23.8 Å². The fourth-order valence-electron chi connectivity index (χ4n) is 2.35. The molecule has 2 rings (SSSR count). The second-order valence-corrected chi connectivity index (χ2v) is 6.95. The number of nitrogens with zero attached hydrogens (tertiary/aromatic N) is 1. The van der Waals surface area contributed by atoms with Crippen LogP contribution in [0.15, 0.2) is 24.3 Å². The van der Waals surface area contributed by atoms with Gasteiger partial charge in [-0.2, -0.15) is 0 Å². The third-order valence-electron chi connectivity index (χ3n) is 3.90. The maximum atomic E-state index is 13.9. The Hall–Kier alpha value is -2.37. The Morgan fingerprint density at radius 3 is 2.54 bits per heavy atom. The number of aryl methyl sites for hydroxylation is 1. The fraction of sp³-hybridized carbons (Fsp3) is 0.444. The van der Waals surface area contributed by atoms with Crippen LogP contribution in [0.5, 0.6) is 0 Å². The lowest BCUT2D eigenvalue weighted by molar-refractivity contribution is -0.156. The number of ether oxygens (including phenoxy) is 1. The molecule has 1 atom stereocenters. The molecule has 24 heavy (non-hydrogen) atoms. The van der Waals surface area contributed by atoms with Crippen molar-refractivity contribution in [3.05, 3.63) is 41.2 Å². The molecule has 0 bridgehead atoms. The van der Waals surface area contributed by atoms with Crippen molar-refractivity contribution in [2.75, 3.05) is 13.1 Å². The van der Waals surface area contributed by atoms with E-state index in [1.807, 2.05) is 0 Å². The fourth-order valence-corrected chi connectivity index (χ4v) is 2.35. The van der Waals surface area contributed by atoms with Gasteiger partial charge in [-0.05, 0) is 50.5 Å². The van der Waals surface area contributed by atoms with Gasteiger partial charge in [-0.3, -0.25) is 4.79 Å². The quantitative estimate of drug-likeness (QED) is 0.841. The van der Waals surface area contributed by atoms with E-state index in [4.69, 9.17) is 4.74 Å². The van der Waals surface area contributed by atoms with Crippen molar-refractivity contribution in [2.24, 2.45) is 5.41 Å². The van der Waals surface area contributed by atoms with Gasteiger partial charge in [0.2, 0.25) is 0 Å². The number of carbonyl (C=O) groups is 2. The molecule has 1 aromatic rings. The molecular weight excluding hydrogens is 313 g/mol. The van der Waals surface area contributed by atoms with Gasteiger partial charge in [0.15, 0.2) is 0 Å². The molecule has 0 aliphatic carbocycles. The third kappa shape index (κ3) is 3.93. The maximum Gasteiger partial charge on any atom is 0.407 e. The summed E-state index contributed by atoms with van der Waals surface area (Å²) in [5, 5.41) is 9.18. The van der Waals surface area contributed by atoms with Crippen LogP contribution < -0.4 is 0 Å². The number of halogens is 1. The van der Waals surface area contributed by atoms with Gasteiger partial charge in [0.05, 0.1) is 12.0 Å². The number of hydrogen-bond donors (Lipinski definition) is 1. The van der Waals surface area contributed by atoms with E-state index in [1.54, 1.807) is 45.9 Å². The molecule has 0 saturated carbocycles. The smallest absolute Gasteiger partial charge is 0.407 e. The summed E-state index contributed by atoms with van der Waals surface area (Å²) in [6.45, 7) is 7.03. The van der Waals surface area contributed by atoms with Crippen molar-refractivity contribution in [3.63, 3.8) is 0 Å². The number of esters is 1. The van der Waals surface area contributed by atoms with Crippen LogP contribution in [-0.2, 0) is 9.53 Å². The van der Waals surface area contributed by atoms with E-state index in [-0.39, 0.29) is 18.9 Å². The Balaban J connectivity index is 2.35. The molecule has 1 heterocycles. The Labute approximate surface area is 140 Å². The van der Waals surface area contributed by atoms with Crippen LogP contribution in [0.25, 0.3) is 5.57 Å². The van der Waals surface area contributed by atoms with E-state index in [2.05, 4.69) is 0 Å². The summed E-state index contributed by atoms with van der Waals surface area (Å²) >= 11 is 0. The van der Waals surface area contributed by atoms with Crippen LogP contribution in [0.1, 0.15) is 31.9 Å². The predicted octanol–water partition coefficient (Wildman–Crippen LogP) is 3.47. The molecule has 1 N–H and O–H groups in total. The minimum Gasteiger partial charge on any atom is -0.465 e. The summed E-state index contributed by atoms with van der Waals surface area (Å²) in [7, 11) is 0. The van der Waals surface area contributed by atoms with Gasteiger partial charge in [0.25, 0.3) is 0 Å². The zero-order valence-electron chi connectivity index (χ0n) is 14.3. The first-order chi connectivity index (χ1) is 11.1.